The van der Waals surface area contributed by atoms with Gasteiger partial charge in [-0.3, -0.25) is 9.36 Å². The number of aromatic nitrogens is 2. The number of oxime groups is 1. The average Bonchev–Trinajstić information content (AvgIpc) is 2.76. The molecule has 0 aliphatic carbocycles. The molecule has 0 amide bonds. The normalized spacial score (nSPS) is 18.2. The van der Waals surface area contributed by atoms with Gasteiger partial charge in [0.15, 0.2) is 0 Å². The van der Waals surface area contributed by atoms with Crippen LogP contribution >= 0.6 is 0 Å². The van der Waals surface area contributed by atoms with Crippen LogP contribution in [0.1, 0.15) is 48.3 Å². The van der Waals surface area contributed by atoms with Crippen molar-refractivity contribution in [3.63, 3.8) is 0 Å². The number of aryl methyl sites for hydroxylation is 2. The molecule has 2 aliphatic rings. The van der Waals surface area contributed by atoms with Gasteiger partial charge in [-0.2, -0.15) is 0 Å². The van der Waals surface area contributed by atoms with E-state index in [9.17, 15) is 19.5 Å². The molecule has 2 N–H and O–H groups in total. The van der Waals surface area contributed by atoms with Crippen LogP contribution in [0, 0.1) is 18.7 Å². The van der Waals surface area contributed by atoms with Gasteiger partial charge in [-0.05, 0) is 64.3 Å². The molecule has 0 unspecified atom stereocenters. The van der Waals surface area contributed by atoms with Crippen LogP contribution in [0.4, 0.5) is 4.39 Å². The van der Waals surface area contributed by atoms with Crippen molar-refractivity contribution >= 4 is 5.71 Å². The molecule has 1 aromatic carbocycles. The lowest BCUT2D eigenvalue weighted by Gasteiger charge is -2.32. The van der Waals surface area contributed by atoms with Gasteiger partial charge in [0, 0.05) is 48.3 Å². The number of likely N-dealkylation sites (tertiary alicyclic amines) is 1. The summed E-state index contributed by atoms with van der Waals surface area (Å²) in [5, 5.41) is 23.0. The summed E-state index contributed by atoms with van der Waals surface area (Å²) in [6.07, 6.45) is 5.19. The molecule has 0 spiro atoms. The van der Waals surface area contributed by atoms with Crippen molar-refractivity contribution in [2.75, 3.05) is 19.6 Å². The highest BCUT2D eigenvalue weighted by Crippen LogP contribution is 2.28. The van der Waals surface area contributed by atoms with Crippen LogP contribution in [0.25, 0.3) is 0 Å². The fourth-order valence-corrected chi connectivity index (χ4v) is 4.80. The zero-order valence-corrected chi connectivity index (χ0v) is 17.8. The molecule has 0 saturated carbocycles. The third kappa shape index (κ3) is 4.49. The van der Waals surface area contributed by atoms with Gasteiger partial charge in [0.1, 0.15) is 17.4 Å². The minimum absolute atomic E-state index is 0.0182. The topological polar surface area (TPSA) is 91.0 Å². The monoisotopic (exact) mass is 428 g/mol. The molecule has 0 radical (unpaired) electrons. The van der Waals surface area contributed by atoms with E-state index in [0.717, 1.165) is 81.4 Å². The smallest absolute Gasteiger partial charge is 0.256 e. The number of hydrogen-bond acceptors (Lipinski definition) is 6. The Morgan fingerprint density at radius 1 is 1.26 bits per heavy atom. The Hall–Kier alpha value is -2.74. The van der Waals surface area contributed by atoms with Crippen LogP contribution in [-0.2, 0) is 19.4 Å². The first-order valence-electron chi connectivity index (χ1n) is 11.0. The summed E-state index contributed by atoms with van der Waals surface area (Å²) in [5.74, 6) is 0.149. The van der Waals surface area contributed by atoms with E-state index in [4.69, 9.17) is 0 Å². The van der Waals surface area contributed by atoms with Crippen molar-refractivity contribution in [3.05, 3.63) is 57.0 Å². The summed E-state index contributed by atoms with van der Waals surface area (Å²) in [6.45, 7) is 5.06. The number of phenols is 1. The largest absolute Gasteiger partial charge is 0.507 e. The Morgan fingerprint density at radius 2 is 2.03 bits per heavy atom. The van der Waals surface area contributed by atoms with E-state index in [2.05, 4.69) is 15.0 Å². The highest BCUT2D eigenvalue weighted by molar-refractivity contribution is 6.04. The van der Waals surface area contributed by atoms with E-state index >= 15 is 0 Å². The second kappa shape index (κ2) is 9.18. The van der Waals surface area contributed by atoms with Gasteiger partial charge in [-0.1, -0.05) is 5.16 Å². The molecule has 2 aromatic rings. The summed E-state index contributed by atoms with van der Waals surface area (Å²) in [7, 11) is 0. The second-order valence-corrected chi connectivity index (χ2v) is 8.52. The van der Waals surface area contributed by atoms with E-state index < -0.39 is 5.82 Å². The van der Waals surface area contributed by atoms with E-state index in [1.165, 1.54) is 12.1 Å². The van der Waals surface area contributed by atoms with Crippen molar-refractivity contribution in [3.8, 4) is 5.75 Å². The summed E-state index contributed by atoms with van der Waals surface area (Å²) >= 11 is 0. The number of rotatable bonds is 5. The summed E-state index contributed by atoms with van der Waals surface area (Å²) in [5.41, 5.74) is 2.52. The fraction of sp³-hybridized carbons (Fsp3) is 0.522. The highest BCUT2D eigenvalue weighted by Gasteiger charge is 2.27. The number of piperidine rings is 1. The minimum Gasteiger partial charge on any atom is -0.507 e. The van der Waals surface area contributed by atoms with Crippen LogP contribution in [0.15, 0.2) is 28.1 Å². The van der Waals surface area contributed by atoms with Gasteiger partial charge in [-0.15, -0.1) is 0 Å². The summed E-state index contributed by atoms with van der Waals surface area (Å²) < 4.78 is 15.1. The van der Waals surface area contributed by atoms with Gasteiger partial charge in [-0.25, -0.2) is 9.37 Å². The molecule has 3 heterocycles. The highest BCUT2D eigenvalue weighted by atomic mass is 19.1. The maximum absolute atomic E-state index is 13.3. The van der Waals surface area contributed by atoms with Gasteiger partial charge >= 0.3 is 0 Å². The molecular weight excluding hydrogens is 399 g/mol. The Labute approximate surface area is 180 Å². The quantitative estimate of drug-likeness (QED) is 0.434. The standard InChI is InChI=1S/C23H29FN4O3/c1-15-18(23(30)28-10-3-2-4-21(28)25-15)9-13-27-11-7-16(8-12-27)22(26-31)19-6-5-17(24)14-20(19)29/h5-6,14,16,29,31H,2-4,7-13H2,1H3/b26-22-. The fourth-order valence-electron chi connectivity index (χ4n) is 4.80. The predicted molar refractivity (Wildman–Crippen MR) is 115 cm³/mol. The zero-order chi connectivity index (χ0) is 22.0. The molecule has 7 nitrogen and oxygen atoms in total. The van der Waals surface area contributed by atoms with Crippen LogP contribution in [-0.4, -0.2) is 50.1 Å². The lowest BCUT2D eigenvalue weighted by molar-refractivity contribution is 0.208. The Balaban J connectivity index is 1.38. The van der Waals surface area contributed by atoms with Crippen molar-refractivity contribution in [1.82, 2.24) is 14.5 Å². The van der Waals surface area contributed by atoms with Gasteiger partial charge in [0.05, 0.1) is 5.71 Å². The van der Waals surface area contributed by atoms with Crippen molar-refractivity contribution in [1.29, 1.82) is 0 Å². The van der Waals surface area contributed by atoms with Crippen molar-refractivity contribution in [2.45, 2.75) is 52.0 Å². The summed E-state index contributed by atoms with van der Waals surface area (Å²) in [6, 6.07) is 3.73. The van der Waals surface area contributed by atoms with E-state index in [1.54, 1.807) is 0 Å². The third-order valence-corrected chi connectivity index (χ3v) is 6.58. The first-order valence-corrected chi connectivity index (χ1v) is 11.0. The van der Waals surface area contributed by atoms with Crippen LogP contribution < -0.4 is 5.56 Å². The van der Waals surface area contributed by atoms with Gasteiger partial charge in [0.2, 0.25) is 0 Å². The maximum Gasteiger partial charge on any atom is 0.256 e. The van der Waals surface area contributed by atoms with Gasteiger partial charge in [0.25, 0.3) is 5.56 Å². The van der Waals surface area contributed by atoms with Crippen LogP contribution in [0.5, 0.6) is 5.75 Å². The number of fused-ring (bicyclic) bond motifs is 1. The minimum atomic E-state index is -0.531. The maximum atomic E-state index is 13.3. The van der Waals surface area contributed by atoms with E-state index in [-0.39, 0.29) is 17.2 Å². The lowest BCUT2D eigenvalue weighted by atomic mass is 9.87. The third-order valence-electron chi connectivity index (χ3n) is 6.58. The molecule has 31 heavy (non-hydrogen) atoms. The summed E-state index contributed by atoms with van der Waals surface area (Å²) in [4.78, 5) is 19.9. The molecule has 8 heteroatoms. The SMILES string of the molecule is Cc1nc2n(c(=O)c1CCN1CCC(/C(=N/O)c3ccc(F)cc3O)CC1)CCCC2. The average molecular weight is 429 g/mol. The molecule has 2 aliphatic heterocycles. The van der Waals surface area contributed by atoms with E-state index in [0.29, 0.717) is 17.7 Å². The molecule has 0 bridgehead atoms. The molecule has 1 fully saturated rings. The predicted octanol–water partition coefficient (Wildman–Crippen LogP) is 2.87. The van der Waals surface area contributed by atoms with E-state index in [1.807, 2.05) is 11.5 Å². The molecule has 166 valence electrons. The van der Waals surface area contributed by atoms with Crippen molar-refractivity contribution in [2.24, 2.45) is 11.1 Å². The first-order chi connectivity index (χ1) is 15.0. The zero-order valence-electron chi connectivity index (χ0n) is 17.8. The number of nitrogens with zero attached hydrogens (tertiary/aromatic N) is 4. The molecule has 4 rings (SSSR count). The number of aromatic hydroxyl groups is 1. The van der Waals surface area contributed by atoms with Crippen LogP contribution in [0.3, 0.4) is 0 Å². The Bertz CT molecular complexity index is 1040. The Morgan fingerprint density at radius 3 is 2.74 bits per heavy atom. The lowest BCUT2D eigenvalue weighted by Crippen LogP contribution is -2.39. The molecule has 0 atom stereocenters. The number of benzene rings is 1. The molecule has 1 aromatic heterocycles. The second-order valence-electron chi connectivity index (χ2n) is 8.52. The Kier molecular flexibility index (Phi) is 6.36. The first kappa shape index (κ1) is 21.5. The molecular formula is C23H29FN4O3. The van der Waals surface area contributed by atoms with Gasteiger partial charge < -0.3 is 15.2 Å². The number of hydrogen-bond donors (Lipinski definition) is 2. The van der Waals surface area contributed by atoms with Crippen LogP contribution in [0.2, 0.25) is 0 Å². The number of halogens is 1. The number of phenolic OH excluding ortho intramolecular Hbond substituents is 1. The molecule has 1 saturated heterocycles. The van der Waals surface area contributed by atoms with Crippen molar-refractivity contribution < 1.29 is 14.7 Å².